The van der Waals surface area contributed by atoms with Crippen molar-refractivity contribution in [3.05, 3.63) is 71.3 Å². The first-order valence-electron chi connectivity index (χ1n) is 6.01. The lowest BCUT2D eigenvalue weighted by atomic mass is 10.2. The van der Waals surface area contributed by atoms with Crippen LogP contribution in [0, 0.1) is 10.1 Å². The van der Waals surface area contributed by atoms with Crippen LogP contribution < -0.4 is 0 Å². The van der Waals surface area contributed by atoms with Crippen LogP contribution in [0.3, 0.4) is 0 Å². The van der Waals surface area contributed by atoms with E-state index < -0.39 is 4.92 Å². The first-order chi connectivity index (χ1) is 9.58. The Morgan fingerprint density at radius 3 is 2.20 bits per heavy atom. The molecule has 0 atom stereocenters. The number of amides is 1. The summed E-state index contributed by atoms with van der Waals surface area (Å²) in [6.07, 6.45) is 6.32. The van der Waals surface area contributed by atoms with Gasteiger partial charge in [0.2, 0.25) is 5.91 Å². The molecule has 5 nitrogen and oxygen atoms in total. The fourth-order valence-electron chi connectivity index (χ4n) is 1.55. The second-order valence-corrected chi connectivity index (χ2v) is 4.00. The third kappa shape index (κ3) is 4.53. The number of carbonyl (C=O) groups excluding carboxylic acids is 1. The summed E-state index contributed by atoms with van der Waals surface area (Å²) >= 11 is 0. The van der Waals surface area contributed by atoms with Crippen molar-refractivity contribution < 1.29 is 9.72 Å². The largest absolute Gasteiger partial charge is 0.332 e. The Labute approximate surface area is 117 Å². The summed E-state index contributed by atoms with van der Waals surface area (Å²) in [5.41, 5.74) is 0.745. The van der Waals surface area contributed by atoms with Gasteiger partial charge < -0.3 is 4.90 Å². The molecule has 0 aromatic heterocycles. The minimum absolute atomic E-state index is 0.0217. The number of rotatable bonds is 7. The van der Waals surface area contributed by atoms with Crippen molar-refractivity contribution in [2.45, 2.75) is 0 Å². The summed E-state index contributed by atoms with van der Waals surface area (Å²) in [4.78, 5) is 23.5. The molecule has 5 heteroatoms. The van der Waals surface area contributed by atoms with Crippen molar-refractivity contribution in [2.75, 3.05) is 13.1 Å². The minimum Gasteiger partial charge on any atom is -0.332 e. The molecule has 104 valence electrons. The van der Waals surface area contributed by atoms with Gasteiger partial charge in [0.05, 0.1) is 4.92 Å². The van der Waals surface area contributed by atoms with Crippen LogP contribution in [0.1, 0.15) is 5.56 Å². The van der Waals surface area contributed by atoms with E-state index in [1.165, 1.54) is 18.2 Å². The van der Waals surface area contributed by atoms with Gasteiger partial charge in [0.1, 0.15) is 0 Å². The third-order valence-corrected chi connectivity index (χ3v) is 2.53. The third-order valence-electron chi connectivity index (χ3n) is 2.53. The molecule has 0 saturated heterocycles. The Morgan fingerprint density at radius 1 is 1.20 bits per heavy atom. The van der Waals surface area contributed by atoms with Crippen molar-refractivity contribution in [3.8, 4) is 0 Å². The predicted octanol–water partition coefficient (Wildman–Crippen LogP) is 2.81. The number of carbonyl (C=O) groups is 1. The van der Waals surface area contributed by atoms with Gasteiger partial charge in [0.25, 0.3) is 5.69 Å². The second-order valence-electron chi connectivity index (χ2n) is 4.00. The highest BCUT2D eigenvalue weighted by Gasteiger charge is 2.07. The standard InChI is InChI=1S/C15H16N2O3/c1-3-11-16(12-4-2)15(18)10-7-13-5-8-14(9-6-13)17(19)20/h3-10H,1-2,11-12H2/b10-7+. The minimum atomic E-state index is -0.464. The van der Waals surface area contributed by atoms with Crippen molar-refractivity contribution in [1.82, 2.24) is 4.90 Å². The monoisotopic (exact) mass is 272 g/mol. The van der Waals surface area contributed by atoms with Crippen molar-refractivity contribution in [3.63, 3.8) is 0 Å². The first kappa shape index (κ1) is 15.4. The molecule has 1 aromatic carbocycles. The summed E-state index contributed by atoms with van der Waals surface area (Å²) in [5, 5.41) is 10.5. The van der Waals surface area contributed by atoms with Gasteiger partial charge in [0.15, 0.2) is 0 Å². The quantitative estimate of drug-likeness (QED) is 0.332. The van der Waals surface area contributed by atoms with Crippen molar-refractivity contribution in [1.29, 1.82) is 0 Å². The van der Waals surface area contributed by atoms with E-state index in [4.69, 9.17) is 0 Å². The Balaban J connectivity index is 2.74. The summed E-state index contributed by atoms with van der Waals surface area (Å²) in [5.74, 6) is -0.164. The summed E-state index contributed by atoms with van der Waals surface area (Å²) in [6, 6.07) is 5.98. The second kappa shape index (κ2) is 7.68. The Kier molecular flexibility index (Phi) is 5.90. The molecule has 0 fully saturated rings. The Bertz CT molecular complexity index is 523. The van der Waals surface area contributed by atoms with E-state index in [-0.39, 0.29) is 11.6 Å². The van der Waals surface area contributed by atoms with Gasteiger partial charge in [-0.2, -0.15) is 0 Å². The molecule has 20 heavy (non-hydrogen) atoms. The molecule has 1 rings (SSSR count). The molecule has 0 spiro atoms. The molecule has 0 aliphatic carbocycles. The van der Waals surface area contributed by atoms with Gasteiger partial charge in [-0.25, -0.2) is 0 Å². The molecule has 0 aliphatic rings. The Morgan fingerprint density at radius 2 is 1.75 bits per heavy atom. The molecule has 0 radical (unpaired) electrons. The normalized spacial score (nSPS) is 10.2. The number of nitrogens with zero attached hydrogens (tertiary/aromatic N) is 2. The molecule has 0 bridgehead atoms. The number of nitro groups is 1. The molecule has 1 aromatic rings. The van der Waals surface area contributed by atoms with E-state index in [0.717, 1.165) is 5.56 Å². The maximum atomic E-state index is 11.9. The zero-order chi connectivity index (χ0) is 15.0. The summed E-state index contributed by atoms with van der Waals surface area (Å²) in [7, 11) is 0. The van der Waals surface area contributed by atoms with E-state index in [2.05, 4.69) is 13.2 Å². The van der Waals surface area contributed by atoms with Crippen LogP contribution in [0.2, 0.25) is 0 Å². The van der Waals surface area contributed by atoms with E-state index in [1.54, 1.807) is 35.3 Å². The number of hydrogen-bond donors (Lipinski definition) is 0. The smallest absolute Gasteiger partial charge is 0.269 e. The molecule has 0 unspecified atom stereocenters. The van der Waals surface area contributed by atoms with Gasteiger partial charge in [-0.1, -0.05) is 12.2 Å². The van der Waals surface area contributed by atoms with Crippen LogP contribution >= 0.6 is 0 Å². The number of nitro benzene ring substituents is 1. The van der Waals surface area contributed by atoms with Gasteiger partial charge in [-0.05, 0) is 23.8 Å². The maximum absolute atomic E-state index is 11.9. The molecule has 0 aliphatic heterocycles. The number of non-ortho nitro benzene ring substituents is 1. The first-order valence-corrected chi connectivity index (χ1v) is 6.01. The van der Waals surface area contributed by atoms with Crippen LogP contribution in [-0.2, 0) is 4.79 Å². The Hall–Kier alpha value is -2.69. The van der Waals surface area contributed by atoms with Gasteiger partial charge in [-0.3, -0.25) is 14.9 Å². The fourth-order valence-corrected chi connectivity index (χ4v) is 1.55. The number of hydrogen-bond acceptors (Lipinski definition) is 3. The van der Waals surface area contributed by atoms with Gasteiger partial charge in [0, 0.05) is 31.3 Å². The van der Waals surface area contributed by atoms with Crippen LogP contribution in [0.25, 0.3) is 6.08 Å². The fraction of sp³-hybridized carbons (Fsp3) is 0.133. The molecule has 0 N–H and O–H groups in total. The van der Waals surface area contributed by atoms with Crippen LogP contribution in [0.4, 0.5) is 5.69 Å². The zero-order valence-corrected chi connectivity index (χ0v) is 11.1. The molecule has 1 amide bonds. The molecular formula is C15H16N2O3. The average molecular weight is 272 g/mol. The van der Waals surface area contributed by atoms with E-state index >= 15 is 0 Å². The lowest BCUT2D eigenvalue weighted by Crippen LogP contribution is -2.29. The van der Waals surface area contributed by atoms with E-state index in [1.807, 2.05) is 0 Å². The van der Waals surface area contributed by atoms with Crippen molar-refractivity contribution >= 4 is 17.7 Å². The van der Waals surface area contributed by atoms with Gasteiger partial charge in [-0.15, -0.1) is 13.2 Å². The van der Waals surface area contributed by atoms with Gasteiger partial charge >= 0.3 is 0 Å². The lowest BCUT2D eigenvalue weighted by molar-refractivity contribution is -0.384. The highest BCUT2D eigenvalue weighted by atomic mass is 16.6. The van der Waals surface area contributed by atoms with Crippen LogP contribution in [0.5, 0.6) is 0 Å². The average Bonchev–Trinajstić information content (AvgIpc) is 2.45. The predicted molar refractivity (Wildman–Crippen MR) is 79.1 cm³/mol. The van der Waals surface area contributed by atoms with E-state index in [0.29, 0.717) is 13.1 Å². The molecule has 0 saturated carbocycles. The lowest BCUT2D eigenvalue weighted by Gasteiger charge is -2.16. The van der Waals surface area contributed by atoms with Crippen molar-refractivity contribution in [2.24, 2.45) is 0 Å². The SMILES string of the molecule is C=CCN(CC=C)C(=O)/C=C/c1ccc([N+](=O)[O-])cc1. The van der Waals surface area contributed by atoms with E-state index in [9.17, 15) is 14.9 Å². The summed E-state index contributed by atoms with van der Waals surface area (Å²) in [6.45, 7) is 8.07. The summed E-state index contributed by atoms with van der Waals surface area (Å²) < 4.78 is 0. The maximum Gasteiger partial charge on any atom is 0.269 e. The van der Waals surface area contributed by atoms with Crippen LogP contribution in [-0.4, -0.2) is 28.8 Å². The number of benzene rings is 1. The highest BCUT2D eigenvalue weighted by molar-refractivity contribution is 5.92. The van der Waals surface area contributed by atoms with Crippen LogP contribution in [0.15, 0.2) is 55.7 Å². The molecule has 0 heterocycles. The zero-order valence-electron chi connectivity index (χ0n) is 11.1. The molecular weight excluding hydrogens is 256 g/mol. The topological polar surface area (TPSA) is 63.5 Å². The highest BCUT2D eigenvalue weighted by Crippen LogP contribution is 2.12.